The number of rotatable bonds is 8. The van der Waals surface area contributed by atoms with E-state index < -0.39 is 22.7 Å². The summed E-state index contributed by atoms with van der Waals surface area (Å²) < 4.78 is 0. The van der Waals surface area contributed by atoms with Gasteiger partial charge in [0.25, 0.3) is 5.69 Å². The molecule has 0 aromatic heterocycles. The fourth-order valence-electron chi connectivity index (χ4n) is 2.00. The van der Waals surface area contributed by atoms with Gasteiger partial charge in [0.05, 0.1) is 10.8 Å². The van der Waals surface area contributed by atoms with E-state index in [0.29, 0.717) is 6.42 Å². The van der Waals surface area contributed by atoms with Crippen LogP contribution in [0.5, 0.6) is 0 Å². The molecule has 0 fully saturated rings. The lowest BCUT2D eigenvalue weighted by molar-refractivity contribution is -0.383. The van der Waals surface area contributed by atoms with Crippen LogP contribution in [0, 0.1) is 16.0 Å². The van der Waals surface area contributed by atoms with E-state index in [-0.39, 0.29) is 24.2 Å². The minimum atomic E-state index is -0.921. The maximum atomic E-state index is 11.8. The number of carboxylic acids is 1. The largest absolute Gasteiger partial charge is 0.481 e. The first-order valence-electron chi connectivity index (χ1n) is 6.71. The molecule has 0 heterocycles. The summed E-state index contributed by atoms with van der Waals surface area (Å²) in [6, 6.07) is 5.83. The number of anilines is 1. The molecule has 1 unspecified atom stereocenters. The van der Waals surface area contributed by atoms with E-state index >= 15 is 0 Å². The van der Waals surface area contributed by atoms with Crippen LogP contribution in [0.1, 0.15) is 32.6 Å². The predicted octanol–water partition coefficient (Wildman–Crippen LogP) is 2.81. The van der Waals surface area contributed by atoms with Gasteiger partial charge in [0, 0.05) is 12.5 Å². The number of hydrogen-bond donors (Lipinski definition) is 2. The summed E-state index contributed by atoms with van der Waals surface area (Å²) in [7, 11) is 0. The van der Waals surface area contributed by atoms with E-state index in [0.717, 1.165) is 6.42 Å². The highest BCUT2D eigenvalue weighted by Crippen LogP contribution is 2.23. The number of nitrogens with zero attached hydrogens (tertiary/aromatic N) is 1. The van der Waals surface area contributed by atoms with Crippen LogP contribution in [0.2, 0.25) is 0 Å². The Labute approximate surface area is 122 Å². The maximum Gasteiger partial charge on any atom is 0.306 e. The Balaban J connectivity index is 2.62. The Morgan fingerprint density at radius 3 is 2.57 bits per heavy atom. The Morgan fingerprint density at radius 1 is 1.33 bits per heavy atom. The lowest BCUT2D eigenvalue weighted by Crippen LogP contribution is -2.18. The molecule has 1 atom stereocenters. The van der Waals surface area contributed by atoms with Crippen LogP contribution in [0.15, 0.2) is 24.3 Å². The number of hydrogen-bond acceptors (Lipinski definition) is 4. The van der Waals surface area contributed by atoms with E-state index in [4.69, 9.17) is 5.11 Å². The van der Waals surface area contributed by atoms with Crippen LogP contribution in [-0.2, 0) is 9.59 Å². The van der Waals surface area contributed by atoms with Crippen LogP contribution in [0.3, 0.4) is 0 Å². The molecule has 0 aliphatic heterocycles. The number of carbonyl (C=O) groups is 2. The molecule has 0 radical (unpaired) electrons. The minimum Gasteiger partial charge on any atom is -0.481 e. The molecule has 114 valence electrons. The molecule has 0 bridgehead atoms. The second-order valence-electron chi connectivity index (χ2n) is 4.68. The van der Waals surface area contributed by atoms with Crippen LogP contribution in [0.25, 0.3) is 0 Å². The Hall–Kier alpha value is -2.44. The molecule has 1 aromatic carbocycles. The van der Waals surface area contributed by atoms with E-state index in [1.807, 2.05) is 6.92 Å². The number of amides is 1. The predicted molar refractivity (Wildman–Crippen MR) is 77.0 cm³/mol. The van der Waals surface area contributed by atoms with Crippen molar-refractivity contribution in [3.8, 4) is 0 Å². The van der Waals surface area contributed by atoms with Gasteiger partial charge in [0.2, 0.25) is 5.91 Å². The van der Waals surface area contributed by atoms with Gasteiger partial charge in [-0.15, -0.1) is 0 Å². The number of benzene rings is 1. The van der Waals surface area contributed by atoms with Crippen LogP contribution in [-0.4, -0.2) is 21.9 Å². The van der Waals surface area contributed by atoms with Crippen molar-refractivity contribution in [2.24, 2.45) is 5.92 Å². The molecule has 0 aliphatic rings. The maximum absolute atomic E-state index is 11.8. The van der Waals surface area contributed by atoms with E-state index in [2.05, 4.69) is 5.32 Å². The molecule has 7 nitrogen and oxygen atoms in total. The van der Waals surface area contributed by atoms with E-state index in [1.165, 1.54) is 18.2 Å². The third-order valence-corrected chi connectivity index (χ3v) is 3.08. The van der Waals surface area contributed by atoms with Crippen LogP contribution < -0.4 is 5.32 Å². The SMILES string of the molecule is CCCC(CCC(=O)Nc1ccccc1[N+](=O)[O-])C(=O)O. The molecule has 0 aliphatic carbocycles. The topological polar surface area (TPSA) is 110 Å². The summed E-state index contributed by atoms with van der Waals surface area (Å²) >= 11 is 0. The van der Waals surface area contributed by atoms with Crippen molar-refractivity contribution in [3.63, 3.8) is 0 Å². The molecule has 1 aromatic rings. The number of aliphatic carboxylic acids is 1. The quantitative estimate of drug-likeness (QED) is 0.566. The van der Waals surface area contributed by atoms with Gasteiger partial charge in [-0.3, -0.25) is 19.7 Å². The highest BCUT2D eigenvalue weighted by molar-refractivity contribution is 5.93. The number of nitro benzene ring substituents is 1. The van der Waals surface area contributed by atoms with Gasteiger partial charge < -0.3 is 10.4 Å². The molecule has 2 N–H and O–H groups in total. The molecular weight excluding hydrogens is 276 g/mol. The molecule has 7 heteroatoms. The van der Waals surface area contributed by atoms with Gasteiger partial charge >= 0.3 is 5.97 Å². The Bertz CT molecular complexity index is 530. The Kier molecular flexibility index (Phi) is 6.32. The van der Waals surface area contributed by atoms with Crippen molar-refractivity contribution < 1.29 is 19.6 Å². The van der Waals surface area contributed by atoms with Gasteiger partial charge in [-0.2, -0.15) is 0 Å². The van der Waals surface area contributed by atoms with E-state index in [9.17, 15) is 19.7 Å². The molecule has 0 saturated heterocycles. The summed E-state index contributed by atoms with van der Waals surface area (Å²) in [6.07, 6.45) is 1.47. The zero-order valence-corrected chi connectivity index (χ0v) is 11.7. The third kappa shape index (κ3) is 5.21. The smallest absolute Gasteiger partial charge is 0.306 e. The highest BCUT2D eigenvalue weighted by atomic mass is 16.6. The fraction of sp³-hybridized carbons (Fsp3) is 0.429. The van der Waals surface area contributed by atoms with Gasteiger partial charge in [0.1, 0.15) is 5.69 Å². The van der Waals surface area contributed by atoms with Crippen LogP contribution >= 0.6 is 0 Å². The third-order valence-electron chi connectivity index (χ3n) is 3.08. The van der Waals surface area contributed by atoms with Gasteiger partial charge in [-0.05, 0) is 18.9 Å². The summed E-state index contributed by atoms with van der Waals surface area (Å²) in [6.45, 7) is 1.88. The van der Waals surface area contributed by atoms with Gasteiger partial charge in [-0.1, -0.05) is 25.5 Å². The van der Waals surface area contributed by atoms with Gasteiger partial charge in [0.15, 0.2) is 0 Å². The monoisotopic (exact) mass is 294 g/mol. The number of para-hydroxylation sites is 2. The van der Waals surface area contributed by atoms with Crippen molar-refractivity contribution in [1.29, 1.82) is 0 Å². The summed E-state index contributed by atoms with van der Waals surface area (Å²) in [5.41, 5.74) is -0.0657. The first kappa shape index (κ1) is 16.6. The average Bonchev–Trinajstić information content (AvgIpc) is 2.43. The highest BCUT2D eigenvalue weighted by Gasteiger charge is 2.19. The molecular formula is C14H18N2O5. The molecule has 1 amide bonds. The first-order valence-corrected chi connectivity index (χ1v) is 6.71. The lowest BCUT2D eigenvalue weighted by Gasteiger charge is -2.11. The van der Waals surface area contributed by atoms with Crippen molar-refractivity contribution in [2.75, 3.05) is 5.32 Å². The van der Waals surface area contributed by atoms with Crippen molar-refractivity contribution in [3.05, 3.63) is 34.4 Å². The number of nitrogens with one attached hydrogen (secondary N) is 1. The average molecular weight is 294 g/mol. The minimum absolute atomic E-state index is 0.0169. The van der Waals surface area contributed by atoms with Crippen molar-refractivity contribution in [2.45, 2.75) is 32.6 Å². The van der Waals surface area contributed by atoms with Crippen LogP contribution in [0.4, 0.5) is 11.4 Å². The van der Waals surface area contributed by atoms with Crippen molar-refractivity contribution >= 4 is 23.3 Å². The molecule has 0 spiro atoms. The standard InChI is InChI=1S/C14H18N2O5/c1-2-5-10(14(18)19)8-9-13(17)15-11-6-3-4-7-12(11)16(20)21/h3-4,6-7,10H,2,5,8-9H2,1H3,(H,15,17)(H,18,19). The molecule has 0 saturated carbocycles. The normalized spacial score (nSPS) is 11.7. The number of nitro groups is 1. The second-order valence-corrected chi connectivity index (χ2v) is 4.68. The number of carboxylic acid groups (broad SMARTS) is 1. The lowest BCUT2D eigenvalue weighted by atomic mass is 9.98. The second kappa shape index (κ2) is 7.98. The summed E-state index contributed by atoms with van der Waals surface area (Å²) in [5, 5.41) is 22.3. The zero-order valence-electron chi connectivity index (χ0n) is 11.7. The number of carbonyl (C=O) groups excluding carboxylic acids is 1. The zero-order chi connectivity index (χ0) is 15.8. The van der Waals surface area contributed by atoms with Gasteiger partial charge in [-0.25, -0.2) is 0 Å². The Morgan fingerprint density at radius 2 is 2.00 bits per heavy atom. The fourth-order valence-corrected chi connectivity index (χ4v) is 2.00. The summed E-state index contributed by atoms with van der Waals surface area (Å²) in [5.74, 6) is -1.91. The summed E-state index contributed by atoms with van der Waals surface area (Å²) in [4.78, 5) is 33.0. The molecule has 21 heavy (non-hydrogen) atoms. The van der Waals surface area contributed by atoms with E-state index in [1.54, 1.807) is 6.07 Å². The first-order chi connectivity index (χ1) is 9.95. The molecule has 1 rings (SSSR count). The van der Waals surface area contributed by atoms with Crippen molar-refractivity contribution in [1.82, 2.24) is 0 Å².